The van der Waals surface area contributed by atoms with Gasteiger partial charge in [0.1, 0.15) is 5.82 Å². The van der Waals surface area contributed by atoms with E-state index in [2.05, 4.69) is 19.1 Å². The normalized spacial score (nSPS) is 13.5. The molecule has 2 rings (SSSR count). The lowest BCUT2D eigenvalue weighted by Gasteiger charge is -2.18. The molecule has 0 fully saturated rings. The smallest absolute Gasteiger partial charge is 0.123 e. The highest BCUT2D eigenvalue weighted by Crippen LogP contribution is 2.33. The summed E-state index contributed by atoms with van der Waals surface area (Å²) < 4.78 is 13.1. The number of allylic oxidation sites excluding steroid dienone is 4. The molecule has 0 radical (unpaired) electrons. The van der Waals surface area contributed by atoms with Gasteiger partial charge < -0.3 is 5.73 Å². The molecule has 1 unspecified atom stereocenters. The average molecular weight is 295 g/mol. The summed E-state index contributed by atoms with van der Waals surface area (Å²) in [5, 5.41) is 0. The third kappa shape index (κ3) is 3.64. The van der Waals surface area contributed by atoms with Gasteiger partial charge in [-0.15, -0.1) is 0 Å². The molecule has 0 aliphatic heterocycles. The highest BCUT2D eigenvalue weighted by atomic mass is 19.1. The van der Waals surface area contributed by atoms with Crippen molar-refractivity contribution in [2.24, 2.45) is 0 Å². The van der Waals surface area contributed by atoms with Crippen molar-refractivity contribution in [3.8, 4) is 0 Å². The second-order valence-corrected chi connectivity index (χ2v) is 5.49. The van der Waals surface area contributed by atoms with Gasteiger partial charge in [0.25, 0.3) is 0 Å². The van der Waals surface area contributed by atoms with Crippen LogP contribution >= 0.6 is 0 Å². The topological polar surface area (TPSA) is 26.0 Å². The van der Waals surface area contributed by atoms with E-state index in [-0.39, 0.29) is 11.7 Å². The highest BCUT2D eigenvalue weighted by Gasteiger charge is 2.13. The monoisotopic (exact) mass is 295 g/mol. The van der Waals surface area contributed by atoms with Crippen LogP contribution in [-0.2, 0) is 0 Å². The maximum atomic E-state index is 13.1. The van der Waals surface area contributed by atoms with Gasteiger partial charge in [-0.1, -0.05) is 49.4 Å². The van der Waals surface area contributed by atoms with Crippen LogP contribution in [0.15, 0.2) is 60.7 Å². The fraction of sp³-hybridized carbons (Fsp3) is 0.200. The second kappa shape index (κ2) is 7.08. The summed E-state index contributed by atoms with van der Waals surface area (Å²) in [6.45, 7) is 6.11. The van der Waals surface area contributed by atoms with Gasteiger partial charge in [-0.3, -0.25) is 0 Å². The molecule has 22 heavy (non-hydrogen) atoms. The lowest BCUT2D eigenvalue weighted by atomic mass is 9.87. The predicted molar refractivity (Wildman–Crippen MR) is 93.2 cm³/mol. The molecule has 0 aromatic heterocycles. The van der Waals surface area contributed by atoms with Gasteiger partial charge in [-0.25, -0.2) is 4.39 Å². The van der Waals surface area contributed by atoms with E-state index in [0.29, 0.717) is 0 Å². The summed E-state index contributed by atoms with van der Waals surface area (Å²) in [6, 6.07) is 12.8. The van der Waals surface area contributed by atoms with Crippen molar-refractivity contribution in [3.05, 3.63) is 83.2 Å². The zero-order chi connectivity index (χ0) is 16.1. The van der Waals surface area contributed by atoms with Crippen LogP contribution in [0.25, 0.3) is 5.57 Å². The molecule has 114 valence electrons. The van der Waals surface area contributed by atoms with E-state index >= 15 is 0 Å². The second-order valence-electron chi connectivity index (χ2n) is 5.49. The van der Waals surface area contributed by atoms with E-state index in [1.165, 1.54) is 12.1 Å². The lowest BCUT2D eigenvalue weighted by molar-refractivity contribution is 0.627. The Morgan fingerprint density at radius 1 is 1.14 bits per heavy atom. The number of nitrogen functional groups attached to an aromatic ring is 1. The van der Waals surface area contributed by atoms with Crippen molar-refractivity contribution in [3.63, 3.8) is 0 Å². The Bertz CT molecular complexity index is 696. The number of hydrogen-bond donors (Lipinski definition) is 1. The SMILES string of the molecule is C/C=C\C=C(\c1ccc(C)c(N)c1)C(C)c1ccc(F)cc1. The summed E-state index contributed by atoms with van der Waals surface area (Å²) in [6.07, 6.45) is 6.11. The van der Waals surface area contributed by atoms with Crippen LogP contribution in [0.3, 0.4) is 0 Å². The Morgan fingerprint density at radius 3 is 2.41 bits per heavy atom. The molecule has 0 saturated carbocycles. The van der Waals surface area contributed by atoms with Crippen LogP contribution in [0.4, 0.5) is 10.1 Å². The van der Waals surface area contributed by atoms with Crippen molar-refractivity contribution < 1.29 is 4.39 Å². The van der Waals surface area contributed by atoms with Crippen LogP contribution in [0.2, 0.25) is 0 Å². The number of rotatable bonds is 4. The molecule has 0 spiro atoms. The minimum atomic E-state index is -0.213. The molecular weight excluding hydrogens is 273 g/mol. The Morgan fingerprint density at radius 2 is 1.82 bits per heavy atom. The van der Waals surface area contributed by atoms with Crippen LogP contribution < -0.4 is 5.73 Å². The minimum Gasteiger partial charge on any atom is -0.398 e. The van der Waals surface area contributed by atoms with E-state index in [1.807, 2.05) is 50.3 Å². The lowest BCUT2D eigenvalue weighted by Crippen LogP contribution is -2.00. The Kier molecular flexibility index (Phi) is 5.16. The highest BCUT2D eigenvalue weighted by molar-refractivity contribution is 5.75. The van der Waals surface area contributed by atoms with Gasteiger partial charge in [0.05, 0.1) is 0 Å². The first-order valence-electron chi connectivity index (χ1n) is 7.47. The molecule has 2 aromatic rings. The number of halogens is 1. The molecule has 2 N–H and O–H groups in total. The number of aryl methyl sites for hydroxylation is 1. The minimum absolute atomic E-state index is 0.152. The van der Waals surface area contributed by atoms with Crippen LogP contribution in [-0.4, -0.2) is 0 Å². The van der Waals surface area contributed by atoms with E-state index in [1.54, 1.807) is 0 Å². The van der Waals surface area contributed by atoms with Gasteiger partial charge >= 0.3 is 0 Å². The summed E-state index contributed by atoms with van der Waals surface area (Å²) in [5.74, 6) is -0.0616. The van der Waals surface area contributed by atoms with Crippen molar-refractivity contribution in [2.45, 2.75) is 26.7 Å². The number of nitrogens with two attached hydrogens (primary N) is 1. The van der Waals surface area contributed by atoms with Gasteiger partial charge in [0.2, 0.25) is 0 Å². The van der Waals surface area contributed by atoms with Gasteiger partial charge in [0, 0.05) is 11.6 Å². The molecule has 0 aliphatic carbocycles. The van der Waals surface area contributed by atoms with E-state index in [9.17, 15) is 4.39 Å². The molecule has 0 bridgehead atoms. The fourth-order valence-corrected chi connectivity index (χ4v) is 2.44. The largest absolute Gasteiger partial charge is 0.398 e. The number of anilines is 1. The summed E-state index contributed by atoms with van der Waals surface area (Å²) in [4.78, 5) is 0. The molecule has 1 atom stereocenters. The maximum absolute atomic E-state index is 13.1. The van der Waals surface area contributed by atoms with Gasteiger partial charge in [0.15, 0.2) is 0 Å². The molecular formula is C20H22FN. The third-order valence-electron chi connectivity index (χ3n) is 3.92. The molecule has 0 aliphatic rings. The summed E-state index contributed by atoms with van der Waals surface area (Å²) >= 11 is 0. The first kappa shape index (κ1) is 16.0. The number of hydrogen-bond acceptors (Lipinski definition) is 1. The Hall–Kier alpha value is -2.35. The van der Waals surface area contributed by atoms with Crippen molar-refractivity contribution >= 4 is 11.3 Å². The van der Waals surface area contributed by atoms with Gasteiger partial charge in [-0.05, 0) is 54.3 Å². The van der Waals surface area contributed by atoms with Crippen molar-refractivity contribution in [1.82, 2.24) is 0 Å². The standard InChI is InChI=1S/C20H22FN/c1-4-5-6-19(17-8-7-14(2)20(22)13-17)15(3)16-9-11-18(21)12-10-16/h4-13,15H,22H2,1-3H3/b5-4-,19-6+. The molecule has 0 amide bonds. The maximum Gasteiger partial charge on any atom is 0.123 e. The zero-order valence-corrected chi connectivity index (χ0v) is 13.3. The molecule has 2 aromatic carbocycles. The predicted octanol–water partition coefficient (Wildman–Crippen LogP) is 5.48. The molecule has 1 nitrogen and oxygen atoms in total. The van der Waals surface area contributed by atoms with Crippen molar-refractivity contribution in [1.29, 1.82) is 0 Å². The number of benzene rings is 2. The Balaban J connectivity index is 2.45. The third-order valence-corrected chi connectivity index (χ3v) is 3.92. The van der Waals surface area contributed by atoms with Gasteiger partial charge in [-0.2, -0.15) is 0 Å². The van der Waals surface area contributed by atoms with E-state index in [4.69, 9.17) is 5.73 Å². The molecule has 0 saturated heterocycles. The van der Waals surface area contributed by atoms with Crippen LogP contribution in [0, 0.1) is 12.7 Å². The fourth-order valence-electron chi connectivity index (χ4n) is 2.44. The van der Waals surface area contributed by atoms with Crippen LogP contribution in [0.5, 0.6) is 0 Å². The summed E-state index contributed by atoms with van der Waals surface area (Å²) in [5.41, 5.74) is 11.2. The van der Waals surface area contributed by atoms with Crippen LogP contribution in [0.1, 0.15) is 36.5 Å². The van der Waals surface area contributed by atoms with E-state index < -0.39 is 0 Å². The van der Waals surface area contributed by atoms with E-state index in [0.717, 1.165) is 28.0 Å². The Labute approximate surface area is 132 Å². The first-order valence-corrected chi connectivity index (χ1v) is 7.47. The quantitative estimate of drug-likeness (QED) is 0.586. The zero-order valence-electron chi connectivity index (χ0n) is 13.3. The molecule has 2 heteroatoms. The summed E-state index contributed by atoms with van der Waals surface area (Å²) in [7, 11) is 0. The average Bonchev–Trinajstić information content (AvgIpc) is 2.51. The van der Waals surface area contributed by atoms with Crippen molar-refractivity contribution in [2.75, 3.05) is 5.73 Å². The first-order chi connectivity index (χ1) is 10.5. The molecule has 0 heterocycles.